The molecule has 1 aromatic heterocycles. The van der Waals surface area contributed by atoms with Crippen molar-refractivity contribution in [3.8, 4) is 0 Å². The summed E-state index contributed by atoms with van der Waals surface area (Å²) in [5.41, 5.74) is 2.38. The van der Waals surface area contributed by atoms with Gasteiger partial charge < -0.3 is 14.8 Å². The topological polar surface area (TPSA) is 64.1 Å². The number of benzene rings is 2. The van der Waals surface area contributed by atoms with E-state index in [-0.39, 0.29) is 5.56 Å². The first kappa shape index (κ1) is 17.9. The lowest BCUT2D eigenvalue weighted by molar-refractivity contribution is 0.536. The normalized spacial score (nSPS) is 17.7. The first-order valence-electron chi connectivity index (χ1n) is 10.4. The van der Waals surface area contributed by atoms with Crippen LogP contribution in [-0.2, 0) is 0 Å². The number of H-pyrrole nitrogens is 1. The van der Waals surface area contributed by atoms with E-state index in [9.17, 15) is 4.79 Å². The Bertz CT molecular complexity index is 1150. The molecule has 2 aliphatic rings. The van der Waals surface area contributed by atoms with Crippen LogP contribution >= 0.6 is 0 Å². The van der Waals surface area contributed by atoms with Crippen LogP contribution in [0.25, 0.3) is 21.7 Å². The van der Waals surface area contributed by atoms with E-state index in [0.717, 1.165) is 53.8 Å². The second-order valence-corrected chi connectivity index (χ2v) is 7.89. The lowest BCUT2D eigenvalue weighted by Gasteiger charge is -2.10. The Balaban J connectivity index is 1.48. The van der Waals surface area contributed by atoms with Crippen molar-refractivity contribution >= 4 is 45.7 Å². The predicted octanol–water partition coefficient (Wildman–Crippen LogP) is 4.19. The van der Waals surface area contributed by atoms with Crippen LogP contribution in [0.4, 0.5) is 11.4 Å². The minimum atomic E-state index is -0.0913. The van der Waals surface area contributed by atoms with Crippen molar-refractivity contribution < 1.29 is 0 Å². The van der Waals surface area contributed by atoms with Crippen molar-refractivity contribution in [1.29, 1.82) is 0 Å². The molecule has 0 radical (unpaired) electrons. The first-order chi connectivity index (χ1) is 14.3. The summed E-state index contributed by atoms with van der Waals surface area (Å²) < 4.78 is 0. The lowest BCUT2D eigenvalue weighted by atomic mass is 10.1. The van der Waals surface area contributed by atoms with E-state index in [4.69, 9.17) is 0 Å². The maximum Gasteiger partial charge on any atom is 0.256 e. The molecule has 0 unspecified atom stereocenters. The number of rotatable bonds is 4. The molecular weight excluding hydrogens is 362 g/mol. The van der Waals surface area contributed by atoms with E-state index in [0.29, 0.717) is 5.39 Å². The van der Waals surface area contributed by atoms with E-state index in [1.54, 1.807) is 0 Å². The summed E-state index contributed by atoms with van der Waals surface area (Å²) in [6.45, 7) is 4.26. The number of fused-ring (bicyclic) bond motifs is 3. The van der Waals surface area contributed by atoms with E-state index in [2.05, 4.69) is 24.8 Å². The molecule has 3 aromatic rings. The number of likely N-dealkylation sites (tertiary alicyclic amines) is 2. The second-order valence-electron chi connectivity index (χ2n) is 7.89. The number of aliphatic imine (C=N–C) groups is 2. The van der Waals surface area contributed by atoms with Gasteiger partial charge in [-0.2, -0.15) is 0 Å². The van der Waals surface area contributed by atoms with E-state index < -0.39 is 0 Å². The van der Waals surface area contributed by atoms with Crippen molar-refractivity contribution in [2.24, 2.45) is 9.98 Å². The van der Waals surface area contributed by atoms with Crippen LogP contribution in [0, 0.1) is 0 Å². The van der Waals surface area contributed by atoms with Crippen molar-refractivity contribution in [1.82, 2.24) is 14.8 Å². The van der Waals surface area contributed by atoms with Crippen LogP contribution in [0.2, 0.25) is 0 Å². The minimum Gasteiger partial charge on any atom is -0.363 e. The third-order valence-electron chi connectivity index (χ3n) is 5.81. The summed E-state index contributed by atoms with van der Waals surface area (Å²) in [7, 11) is 0. The molecule has 2 aromatic carbocycles. The Labute approximate surface area is 169 Å². The molecule has 0 saturated carbocycles. The van der Waals surface area contributed by atoms with Crippen LogP contribution < -0.4 is 5.56 Å². The van der Waals surface area contributed by atoms with Crippen LogP contribution in [0.15, 0.2) is 51.2 Å². The highest BCUT2D eigenvalue weighted by Crippen LogP contribution is 2.27. The Morgan fingerprint density at radius 3 is 1.90 bits per heavy atom. The van der Waals surface area contributed by atoms with E-state index >= 15 is 0 Å². The smallest absolute Gasteiger partial charge is 0.256 e. The summed E-state index contributed by atoms with van der Waals surface area (Å²) >= 11 is 0. The van der Waals surface area contributed by atoms with Gasteiger partial charge in [0.05, 0.1) is 29.6 Å². The molecular formula is C23H25N5O. The number of nitrogens with zero attached hydrogens (tertiary/aromatic N) is 4. The summed E-state index contributed by atoms with van der Waals surface area (Å²) in [6.07, 6.45) is 8.71. The third-order valence-corrected chi connectivity index (χ3v) is 5.81. The molecule has 5 rings (SSSR count). The van der Waals surface area contributed by atoms with Gasteiger partial charge in [0.1, 0.15) is 0 Å². The standard InChI is InChI=1S/C23H25N5O/c29-23-21-13-17(24-15-27-9-1-2-10-27)5-7-19(21)20-8-6-18(14-22(20)26-23)25-16-28-11-3-4-12-28/h5-8,13-16H,1-4,9-12H2,(H,26,29). The van der Waals surface area contributed by atoms with Gasteiger partial charge in [-0.1, -0.05) is 12.1 Å². The van der Waals surface area contributed by atoms with Crippen molar-refractivity contribution in [3.05, 3.63) is 46.8 Å². The molecule has 3 heterocycles. The zero-order chi connectivity index (χ0) is 19.6. The maximum atomic E-state index is 12.7. The average molecular weight is 387 g/mol. The van der Waals surface area contributed by atoms with Gasteiger partial charge in [0.15, 0.2) is 0 Å². The van der Waals surface area contributed by atoms with Gasteiger partial charge in [0.25, 0.3) is 5.56 Å². The number of aromatic nitrogens is 1. The fraction of sp³-hybridized carbons (Fsp3) is 0.348. The molecule has 2 fully saturated rings. The fourth-order valence-electron chi connectivity index (χ4n) is 4.19. The Morgan fingerprint density at radius 2 is 1.28 bits per heavy atom. The molecule has 0 bridgehead atoms. The predicted molar refractivity (Wildman–Crippen MR) is 120 cm³/mol. The molecule has 1 N–H and O–H groups in total. The maximum absolute atomic E-state index is 12.7. The molecule has 148 valence electrons. The Kier molecular flexibility index (Phi) is 4.76. The van der Waals surface area contributed by atoms with Crippen LogP contribution in [0.5, 0.6) is 0 Å². The molecule has 0 aliphatic carbocycles. The monoisotopic (exact) mass is 387 g/mol. The van der Waals surface area contributed by atoms with Crippen LogP contribution in [-0.4, -0.2) is 53.6 Å². The lowest BCUT2D eigenvalue weighted by Crippen LogP contribution is -2.16. The SMILES string of the molecule is O=c1[nH]c2cc(N=CN3CCCC3)ccc2c2ccc(N=CN3CCCC3)cc12. The van der Waals surface area contributed by atoms with E-state index in [1.807, 2.05) is 49.1 Å². The van der Waals surface area contributed by atoms with Crippen LogP contribution in [0.1, 0.15) is 25.7 Å². The van der Waals surface area contributed by atoms with Gasteiger partial charge in [0, 0.05) is 37.0 Å². The molecule has 0 spiro atoms. The van der Waals surface area contributed by atoms with Gasteiger partial charge >= 0.3 is 0 Å². The fourth-order valence-corrected chi connectivity index (χ4v) is 4.19. The summed E-state index contributed by atoms with van der Waals surface area (Å²) in [5, 5.41) is 2.63. The Hall–Kier alpha value is -3.15. The highest BCUT2D eigenvalue weighted by Gasteiger charge is 2.10. The molecule has 6 heteroatoms. The number of pyridine rings is 1. The van der Waals surface area contributed by atoms with Crippen molar-refractivity contribution in [2.75, 3.05) is 26.2 Å². The van der Waals surface area contributed by atoms with Crippen molar-refractivity contribution in [2.45, 2.75) is 25.7 Å². The Morgan fingerprint density at radius 1 is 0.724 bits per heavy atom. The highest BCUT2D eigenvalue weighted by atomic mass is 16.1. The van der Waals surface area contributed by atoms with Gasteiger partial charge in [0.2, 0.25) is 0 Å². The molecule has 2 aliphatic heterocycles. The second kappa shape index (κ2) is 7.70. The third kappa shape index (κ3) is 3.75. The number of hydrogen-bond acceptors (Lipinski definition) is 3. The van der Waals surface area contributed by atoms with Gasteiger partial charge in [-0.15, -0.1) is 0 Å². The first-order valence-corrected chi connectivity index (χ1v) is 10.4. The van der Waals surface area contributed by atoms with Crippen molar-refractivity contribution in [3.63, 3.8) is 0 Å². The average Bonchev–Trinajstić information content (AvgIpc) is 3.45. The van der Waals surface area contributed by atoms with Gasteiger partial charge in [-0.3, -0.25) is 4.79 Å². The van der Waals surface area contributed by atoms with Gasteiger partial charge in [-0.25, -0.2) is 9.98 Å². The molecule has 6 nitrogen and oxygen atoms in total. The number of nitrogens with one attached hydrogen (secondary N) is 1. The zero-order valence-corrected chi connectivity index (χ0v) is 16.5. The number of aromatic amines is 1. The molecule has 0 atom stereocenters. The summed E-state index contributed by atoms with van der Waals surface area (Å²) in [5.74, 6) is 0. The quantitative estimate of drug-likeness (QED) is 0.415. The zero-order valence-electron chi connectivity index (χ0n) is 16.5. The molecule has 29 heavy (non-hydrogen) atoms. The van der Waals surface area contributed by atoms with Crippen LogP contribution in [0.3, 0.4) is 0 Å². The summed E-state index contributed by atoms with van der Waals surface area (Å²) in [4.78, 5) is 29.3. The molecule has 2 saturated heterocycles. The van der Waals surface area contributed by atoms with Gasteiger partial charge in [-0.05, 0) is 55.3 Å². The number of hydrogen-bond donors (Lipinski definition) is 1. The largest absolute Gasteiger partial charge is 0.363 e. The minimum absolute atomic E-state index is 0.0913. The highest BCUT2D eigenvalue weighted by molar-refractivity contribution is 6.06. The van der Waals surface area contributed by atoms with E-state index in [1.165, 1.54) is 25.7 Å². The summed E-state index contributed by atoms with van der Waals surface area (Å²) in [6, 6.07) is 11.8. The molecule has 0 amide bonds.